The van der Waals surface area contributed by atoms with Gasteiger partial charge in [0.1, 0.15) is 5.82 Å². The van der Waals surface area contributed by atoms with Crippen LogP contribution >= 0.6 is 0 Å². The maximum atomic E-state index is 13.3. The van der Waals surface area contributed by atoms with Crippen molar-refractivity contribution in [3.8, 4) is 11.5 Å². The highest BCUT2D eigenvalue weighted by atomic mass is 19.1. The van der Waals surface area contributed by atoms with Crippen molar-refractivity contribution in [2.75, 3.05) is 62.3 Å². The maximum absolute atomic E-state index is 13.3. The number of rotatable bonds is 17. The van der Waals surface area contributed by atoms with Crippen molar-refractivity contribution >= 4 is 29.4 Å². The van der Waals surface area contributed by atoms with Gasteiger partial charge in [0.15, 0.2) is 11.5 Å². The van der Waals surface area contributed by atoms with Crippen LogP contribution in [-0.4, -0.2) is 67.2 Å². The number of fused-ring (bicyclic) bond motifs is 1. The van der Waals surface area contributed by atoms with Crippen LogP contribution in [0.2, 0.25) is 0 Å². The number of benzene rings is 3. The van der Waals surface area contributed by atoms with Crippen molar-refractivity contribution < 1.29 is 28.1 Å². The van der Waals surface area contributed by atoms with E-state index in [0.29, 0.717) is 87.3 Å². The van der Waals surface area contributed by atoms with Gasteiger partial charge < -0.3 is 45.9 Å². The molecule has 4 aromatic rings. The van der Waals surface area contributed by atoms with Crippen LogP contribution in [0.5, 0.6) is 11.5 Å². The van der Waals surface area contributed by atoms with Gasteiger partial charge in [-0.25, -0.2) is 4.39 Å². The van der Waals surface area contributed by atoms with E-state index >= 15 is 0 Å². The van der Waals surface area contributed by atoms with Gasteiger partial charge in [-0.1, -0.05) is 24.3 Å². The fraction of sp³-hybridized carbons (Fsp3) is 0.290. The third-order valence-corrected chi connectivity index (χ3v) is 6.48. The van der Waals surface area contributed by atoms with E-state index in [4.69, 9.17) is 24.7 Å². The lowest BCUT2D eigenvalue weighted by Crippen LogP contribution is -2.27. The lowest BCUT2D eigenvalue weighted by Gasteiger charge is -2.13. The van der Waals surface area contributed by atoms with Crippen LogP contribution in [0.3, 0.4) is 0 Å². The number of carbonyl (C=O) groups is 1. The standard InChI is InChI=1S/C31H35FN8O5/c32-24-8-4-21(5-9-24)18-35-29-38-30(36-19-23-2-1-3-26-27(23)45-20-44-26)40-31(39-29)37-25-10-6-22(7-11-25)28(41)34-13-15-43-17-16-42-14-12-33/h1-11H,12-20,33H2,(H,34,41)(H3,35,36,37,38,39,40). The summed E-state index contributed by atoms with van der Waals surface area (Å²) in [7, 11) is 0. The minimum atomic E-state index is -0.309. The first-order valence-corrected chi connectivity index (χ1v) is 14.4. The number of anilines is 4. The van der Waals surface area contributed by atoms with Gasteiger partial charge in [-0.3, -0.25) is 4.79 Å². The Morgan fingerprint density at radius 3 is 2.29 bits per heavy atom. The molecule has 0 saturated carbocycles. The van der Waals surface area contributed by atoms with Crippen LogP contribution in [0.25, 0.3) is 0 Å². The number of amides is 1. The van der Waals surface area contributed by atoms with Crippen LogP contribution in [-0.2, 0) is 22.6 Å². The van der Waals surface area contributed by atoms with E-state index in [1.54, 1.807) is 36.4 Å². The predicted octanol–water partition coefficient (Wildman–Crippen LogP) is 3.43. The Kier molecular flexibility index (Phi) is 11.3. The SMILES string of the molecule is NCCOCCOCCNC(=O)c1ccc(Nc2nc(NCc3ccc(F)cc3)nc(NCc3cccc4c3OCO4)n2)cc1. The number of nitrogens with zero attached hydrogens (tertiary/aromatic N) is 3. The summed E-state index contributed by atoms with van der Waals surface area (Å²) in [6.45, 7) is 3.53. The summed E-state index contributed by atoms with van der Waals surface area (Å²) < 4.78 is 35.1. The summed E-state index contributed by atoms with van der Waals surface area (Å²) in [4.78, 5) is 26.1. The summed E-state index contributed by atoms with van der Waals surface area (Å²) >= 11 is 0. The molecule has 0 aliphatic carbocycles. The molecule has 0 spiro atoms. The molecule has 6 N–H and O–H groups in total. The Bertz CT molecular complexity index is 1540. The molecule has 14 heteroatoms. The quantitative estimate of drug-likeness (QED) is 0.110. The van der Waals surface area contributed by atoms with Crippen molar-refractivity contribution in [2.45, 2.75) is 13.1 Å². The zero-order chi connectivity index (χ0) is 31.3. The van der Waals surface area contributed by atoms with E-state index in [1.165, 1.54) is 12.1 Å². The molecular formula is C31H35FN8O5. The molecule has 0 bridgehead atoms. The molecular weight excluding hydrogens is 583 g/mol. The molecule has 1 aromatic heterocycles. The molecule has 45 heavy (non-hydrogen) atoms. The van der Waals surface area contributed by atoms with Gasteiger partial charge >= 0.3 is 0 Å². The minimum absolute atomic E-state index is 0.171. The smallest absolute Gasteiger partial charge is 0.251 e. The van der Waals surface area contributed by atoms with Crippen molar-refractivity contribution in [1.29, 1.82) is 0 Å². The van der Waals surface area contributed by atoms with Crippen molar-refractivity contribution in [2.24, 2.45) is 5.73 Å². The first-order valence-electron chi connectivity index (χ1n) is 14.4. The molecule has 0 unspecified atom stereocenters. The van der Waals surface area contributed by atoms with Crippen molar-refractivity contribution in [3.05, 3.63) is 89.2 Å². The average molecular weight is 619 g/mol. The third kappa shape index (κ3) is 9.47. The van der Waals surface area contributed by atoms with Gasteiger partial charge in [-0.15, -0.1) is 0 Å². The van der Waals surface area contributed by atoms with Gasteiger partial charge in [0.25, 0.3) is 5.91 Å². The zero-order valence-corrected chi connectivity index (χ0v) is 24.6. The zero-order valence-electron chi connectivity index (χ0n) is 24.6. The van der Waals surface area contributed by atoms with Crippen LogP contribution in [0.1, 0.15) is 21.5 Å². The second-order valence-corrected chi connectivity index (χ2v) is 9.76. The van der Waals surface area contributed by atoms with E-state index in [9.17, 15) is 9.18 Å². The lowest BCUT2D eigenvalue weighted by atomic mass is 10.2. The van der Waals surface area contributed by atoms with Gasteiger partial charge in [0.05, 0.1) is 26.4 Å². The number of aromatic nitrogens is 3. The topological polar surface area (TPSA) is 167 Å². The molecule has 5 rings (SSSR count). The number of nitrogens with one attached hydrogen (secondary N) is 4. The molecule has 0 atom stereocenters. The summed E-state index contributed by atoms with van der Waals surface area (Å²) in [5.74, 6) is 1.73. The highest BCUT2D eigenvalue weighted by Gasteiger charge is 2.17. The molecule has 236 valence electrons. The summed E-state index contributed by atoms with van der Waals surface area (Å²) in [5, 5.41) is 12.4. The van der Waals surface area contributed by atoms with Gasteiger partial charge in [-0.05, 0) is 48.0 Å². The number of ether oxygens (including phenoxy) is 4. The largest absolute Gasteiger partial charge is 0.454 e. The van der Waals surface area contributed by atoms with Gasteiger partial charge in [0.2, 0.25) is 24.6 Å². The number of para-hydroxylation sites is 1. The Balaban J connectivity index is 1.21. The molecule has 1 amide bonds. The molecule has 1 aliphatic heterocycles. The molecule has 0 saturated heterocycles. The number of hydrogen-bond donors (Lipinski definition) is 5. The molecule has 1 aliphatic rings. The molecule has 13 nitrogen and oxygen atoms in total. The molecule has 0 radical (unpaired) electrons. The number of halogens is 1. The number of hydrogen-bond acceptors (Lipinski definition) is 12. The van der Waals surface area contributed by atoms with E-state index in [2.05, 4.69) is 36.2 Å². The number of nitrogens with two attached hydrogens (primary N) is 1. The average Bonchev–Trinajstić information content (AvgIpc) is 3.55. The highest BCUT2D eigenvalue weighted by molar-refractivity contribution is 5.94. The Morgan fingerprint density at radius 2 is 1.53 bits per heavy atom. The second kappa shape index (κ2) is 16.1. The fourth-order valence-corrected chi connectivity index (χ4v) is 4.26. The van der Waals surface area contributed by atoms with Crippen LogP contribution in [0, 0.1) is 5.82 Å². The summed E-state index contributed by atoms with van der Waals surface area (Å²) in [6.07, 6.45) is 0. The van der Waals surface area contributed by atoms with Crippen molar-refractivity contribution in [1.82, 2.24) is 20.3 Å². The van der Waals surface area contributed by atoms with Gasteiger partial charge in [-0.2, -0.15) is 15.0 Å². The van der Waals surface area contributed by atoms with Crippen molar-refractivity contribution in [3.63, 3.8) is 0 Å². The van der Waals surface area contributed by atoms with E-state index in [-0.39, 0.29) is 24.5 Å². The number of carbonyl (C=O) groups excluding carboxylic acids is 1. The summed E-state index contributed by atoms with van der Waals surface area (Å²) in [6, 6.07) is 18.7. The van der Waals surface area contributed by atoms with Gasteiger partial charge in [0, 0.05) is 43.0 Å². The highest BCUT2D eigenvalue weighted by Crippen LogP contribution is 2.35. The monoisotopic (exact) mass is 618 g/mol. The third-order valence-electron chi connectivity index (χ3n) is 6.48. The minimum Gasteiger partial charge on any atom is -0.454 e. The van der Waals surface area contributed by atoms with E-state index < -0.39 is 0 Å². The first kappa shape index (κ1) is 31.4. The molecule has 0 fully saturated rings. The Hall–Kier alpha value is -5.05. The van der Waals surface area contributed by atoms with Crippen LogP contribution in [0.4, 0.5) is 27.9 Å². The lowest BCUT2D eigenvalue weighted by molar-refractivity contribution is 0.0511. The normalized spacial score (nSPS) is 11.7. The first-order chi connectivity index (χ1) is 22.1. The summed E-state index contributed by atoms with van der Waals surface area (Å²) in [5.41, 5.74) is 8.27. The van der Waals surface area contributed by atoms with E-state index in [1.807, 2.05) is 18.2 Å². The molecule has 2 heterocycles. The Labute approximate surface area is 259 Å². The van der Waals surface area contributed by atoms with Crippen LogP contribution in [0.15, 0.2) is 66.7 Å². The second-order valence-electron chi connectivity index (χ2n) is 9.76. The van der Waals surface area contributed by atoms with E-state index in [0.717, 1.165) is 11.1 Å². The fourth-order valence-electron chi connectivity index (χ4n) is 4.26. The van der Waals surface area contributed by atoms with Crippen LogP contribution < -0.4 is 36.5 Å². The predicted molar refractivity (Wildman–Crippen MR) is 166 cm³/mol. The molecule has 3 aromatic carbocycles. The maximum Gasteiger partial charge on any atom is 0.251 e. The Morgan fingerprint density at radius 1 is 0.822 bits per heavy atom.